The maximum absolute atomic E-state index is 12.3. The van der Waals surface area contributed by atoms with Gasteiger partial charge in [-0.1, -0.05) is 0 Å². The minimum absolute atomic E-state index is 0.136. The van der Waals surface area contributed by atoms with Crippen molar-refractivity contribution < 1.29 is 9.59 Å². The number of aromatic nitrogens is 1. The predicted molar refractivity (Wildman–Crippen MR) is 79.7 cm³/mol. The molecule has 2 heterocycles. The highest BCUT2D eigenvalue weighted by atomic mass is 32.1. The predicted octanol–water partition coefficient (Wildman–Crippen LogP) is 1.05. The molecule has 0 unspecified atom stereocenters. The molecule has 0 fully saturated rings. The molecular weight excluding hydrogens is 276 g/mol. The first-order valence-electron chi connectivity index (χ1n) is 6.01. The van der Waals surface area contributed by atoms with E-state index in [0.29, 0.717) is 10.6 Å². The zero-order valence-electron chi connectivity index (χ0n) is 11.6. The lowest BCUT2D eigenvalue weighted by atomic mass is 10.2. The van der Waals surface area contributed by atoms with Gasteiger partial charge >= 0.3 is 0 Å². The first-order valence-corrected chi connectivity index (χ1v) is 6.83. The SMILES string of the molecule is Cc1cc2sc(C(=O)N(C)CC(N)=O)c(N)c2c(C)n1. The van der Waals surface area contributed by atoms with Crippen LogP contribution in [-0.4, -0.2) is 35.3 Å². The van der Waals surface area contributed by atoms with Crippen LogP contribution in [0.5, 0.6) is 0 Å². The number of pyridine rings is 1. The molecule has 2 aromatic rings. The van der Waals surface area contributed by atoms with E-state index in [2.05, 4.69) is 4.98 Å². The van der Waals surface area contributed by atoms with Crippen LogP contribution in [0.1, 0.15) is 21.1 Å². The Morgan fingerprint density at radius 2 is 2.05 bits per heavy atom. The number of nitrogens with zero attached hydrogens (tertiary/aromatic N) is 2. The second kappa shape index (κ2) is 5.09. The van der Waals surface area contributed by atoms with Gasteiger partial charge in [-0.3, -0.25) is 14.6 Å². The van der Waals surface area contributed by atoms with E-state index in [1.807, 2.05) is 19.9 Å². The van der Waals surface area contributed by atoms with Gasteiger partial charge in [0.15, 0.2) is 0 Å². The Balaban J connectivity index is 2.50. The van der Waals surface area contributed by atoms with Gasteiger partial charge in [-0.2, -0.15) is 0 Å². The number of nitrogen functional groups attached to an aromatic ring is 1. The fourth-order valence-electron chi connectivity index (χ4n) is 2.12. The van der Waals surface area contributed by atoms with Gasteiger partial charge in [-0.15, -0.1) is 11.3 Å². The molecule has 0 spiro atoms. The normalized spacial score (nSPS) is 10.8. The fourth-order valence-corrected chi connectivity index (χ4v) is 3.38. The average molecular weight is 292 g/mol. The van der Waals surface area contributed by atoms with Gasteiger partial charge in [-0.25, -0.2) is 0 Å². The highest BCUT2D eigenvalue weighted by Gasteiger charge is 2.22. The third kappa shape index (κ3) is 2.44. The number of anilines is 1. The zero-order chi connectivity index (χ0) is 15.0. The van der Waals surface area contributed by atoms with Crippen LogP contribution in [0.25, 0.3) is 10.1 Å². The van der Waals surface area contributed by atoms with Gasteiger partial charge in [0, 0.05) is 28.5 Å². The number of likely N-dealkylation sites (N-methyl/N-ethyl adjacent to an activating group) is 1. The number of hydrogen-bond acceptors (Lipinski definition) is 5. The van der Waals surface area contributed by atoms with Crippen LogP contribution >= 0.6 is 11.3 Å². The standard InChI is InChI=1S/C13H16N4O2S/c1-6-4-8-10(7(2)16-6)11(15)12(20-8)13(19)17(3)5-9(14)18/h4H,5,15H2,1-3H3,(H2,14,18). The highest BCUT2D eigenvalue weighted by Crippen LogP contribution is 2.36. The highest BCUT2D eigenvalue weighted by molar-refractivity contribution is 7.21. The molecule has 0 aliphatic rings. The van der Waals surface area contributed by atoms with Crippen LogP contribution in [0.15, 0.2) is 6.07 Å². The Kier molecular flexibility index (Phi) is 3.63. The van der Waals surface area contributed by atoms with E-state index < -0.39 is 5.91 Å². The first-order chi connectivity index (χ1) is 9.31. The number of thiophene rings is 1. The van der Waals surface area contributed by atoms with Crippen molar-refractivity contribution in [2.24, 2.45) is 5.73 Å². The van der Waals surface area contributed by atoms with E-state index in [4.69, 9.17) is 11.5 Å². The van der Waals surface area contributed by atoms with Gasteiger partial charge in [0.2, 0.25) is 5.91 Å². The molecule has 6 nitrogen and oxygen atoms in total. The third-order valence-electron chi connectivity index (χ3n) is 2.95. The summed E-state index contributed by atoms with van der Waals surface area (Å²) in [6, 6.07) is 1.90. The quantitative estimate of drug-likeness (QED) is 0.882. The first kappa shape index (κ1) is 14.3. The number of carbonyl (C=O) groups is 2. The number of aryl methyl sites for hydroxylation is 2. The molecule has 0 radical (unpaired) electrons. The van der Waals surface area contributed by atoms with Crippen LogP contribution in [0.4, 0.5) is 5.69 Å². The molecule has 0 aromatic carbocycles. The molecule has 0 atom stereocenters. The number of primary amides is 1. The largest absolute Gasteiger partial charge is 0.397 e. The fraction of sp³-hybridized carbons (Fsp3) is 0.308. The van der Waals surface area contributed by atoms with Crippen molar-refractivity contribution in [1.29, 1.82) is 0 Å². The lowest BCUT2D eigenvalue weighted by Crippen LogP contribution is -2.35. The Morgan fingerprint density at radius 3 is 2.65 bits per heavy atom. The van der Waals surface area contributed by atoms with Crippen molar-refractivity contribution >= 4 is 38.9 Å². The molecule has 0 aliphatic heterocycles. The number of rotatable bonds is 3. The van der Waals surface area contributed by atoms with Crippen molar-refractivity contribution in [3.05, 3.63) is 22.3 Å². The zero-order valence-corrected chi connectivity index (χ0v) is 12.4. The molecule has 0 bridgehead atoms. The van der Waals surface area contributed by atoms with Crippen molar-refractivity contribution in [3.8, 4) is 0 Å². The molecule has 0 saturated heterocycles. The molecule has 2 rings (SSSR count). The molecule has 7 heteroatoms. The van der Waals surface area contributed by atoms with Crippen molar-refractivity contribution in [2.45, 2.75) is 13.8 Å². The molecule has 2 aromatic heterocycles. The summed E-state index contributed by atoms with van der Waals surface area (Å²) < 4.78 is 0.920. The summed E-state index contributed by atoms with van der Waals surface area (Å²) in [4.78, 5) is 29.2. The second-order valence-corrected chi connectivity index (χ2v) is 5.75. The second-order valence-electron chi connectivity index (χ2n) is 4.69. The summed E-state index contributed by atoms with van der Waals surface area (Å²) in [5.41, 5.74) is 13.2. The number of nitrogens with two attached hydrogens (primary N) is 2. The van der Waals surface area contributed by atoms with Crippen LogP contribution in [0.2, 0.25) is 0 Å². The van der Waals surface area contributed by atoms with Crippen LogP contribution in [0, 0.1) is 13.8 Å². The lowest BCUT2D eigenvalue weighted by Gasteiger charge is -2.14. The van der Waals surface area contributed by atoms with E-state index in [-0.39, 0.29) is 12.5 Å². The number of hydrogen-bond donors (Lipinski definition) is 2. The molecule has 0 saturated carbocycles. The van der Waals surface area contributed by atoms with Gasteiger partial charge in [-0.05, 0) is 19.9 Å². The summed E-state index contributed by atoms with van der Waals surface area (Å²) in [6.07, 6.45) is 0. The molecule has 106 valence electrons. The van der Waals surface area contributed by atoms with Gasteiger partial charge < -0.3 is 16.4 Å². The van der Waals surface area contributed by atoms with Crippen molar-refractivity contribution in [1.82, 2.24) is 9.88 Å². The topological polar surface area (TPSA) is 102 Å². The smallest absolute Gasteiger partial charge is 0.266 e. The maximum Gasteiger partial charge on any atom is 0.266 e. The monoisotopic (exact) mass is 292 g/mol. The van der Waals surface area contributed by atoms with Gasteiger partial charge in [0.25, 0.3) is 5.91 Å². The summed E-state index contributed by atoms with van der Waals surface area (Å²) in [7, 11) is 1.52. The molecule has 20 heavy (non-hydrogen) atoms. The van der Waals surface area contributed by atoms with Crippen LogP contribution in [0.3, 0.4) is 0 Å². The van der Waals surface area contributed by atoms with E-state index in [0.717, 1.165) is 21.5 Å². The number of fused-ring (bicyclic) bond motifs is 1. The van der Waals surface area contributed by atoms with Crippen molar-refractivity contribution in [3.63, 3.8) is 0 Å². The van der Waals surface area contributed by atoms with Gasteiger partial charge in [0.05, 0.1) is 12.2 Å². The van der Waals surface area contributed by atoms with Crippen molar-refractivity contribution in [2.75, 3.05) is 19.3 Å². The molecule has 4 N–H and O–H groups in total. The Bertz CT molecular complexity index is 708. The van der Waals surface area contributed by atoms with E-state index in [1.165, 1.54) is 23.3 Å². The molecular formula is C13H16N4O2S. The van der Waals surface area contributed by atoms with E-state index in [9.17, 15) is 9.59 Å². The maximum atomic E-state index is 12.3. The average Bonchev–Trinajstić information content (AvgIpc) is 2.64. The van der Waals surface area contributed by atoms with E-state index in [1.54, 1.807) is 0 Å². The van der Waals surface area contributed by atoms with Crippen LogP contribution < -0.4 is 11.5 Å². The molecule has 2 amide bonds. The minimum atomic E-state index is -0.561. The molecule has 0 aliphatic carbocycles. The summed E-state index contributed by atoms with van der Waals surface area (Å²) in [6.45, 7) is 3.62. The Hall–Kier alpha value is -2.15. The summed E-state index contributed by atoms with van der Waals surface area (Å²) >= 11 is 1.31. The number of carbonyl (C=O) groups excluding carboxylic acids is 2. The number of amides is 2. The lowest BCUT2D eigenvalue weighted by molar-refractivity contribution is -0.118. The Labute approximate surface area is 120 Å². The Morgan fingerprint density at radius 1 is 1.40 bits per heavy atom. The van der Waals surface area contributed by atoms with Gasteiger partial charge in [0.1, 0.15) is 4.88 Å². The van der Waals surface area contributed by atoms with Crippen LogP contribution in [-0.2, 0) is 4.79 Å². The van der Waals surface area contributed by atoms with E-state index >= 15 is 0 Å². The third-order valence-corrected chi connectivity index (χ3v) is 4.09. The minimum Gasteiger partial charge on any atom is -0.397 e. The summed E-state index contributed by atoms with van der Waals surface area (Å²) in [5.74, 6) is -0.867. The summed E-state index contributed by atoms with van der Waals surface area (Å²) in [5, 5.41) is 0.802.